The molecule has 0 bridgehead atoms. The van der Waals surface area contributed by atoms with E-state index < -0.39 is 11.9 Å². The molecule has 0 spiro atoms. The number of ether oxygens (including phenoxy) is 1. The zero-order valence-electron chi connectivity index (χ0n) is 7.12. The number of H-pyrrole nitrogens is 1. The highest BCUT2D eigenvalue weighted by molar-refractivity contribution is 6.01. The topological polar surface area (TPSA) is 92.3 Å². The molecule has 0 fully saturated rings. The number of nitrogens with one attached hydrogen (secondary N) is 1. The summed E-state index contributed by atoms with van der Waals surface area (Å²) in [7, 11) is 1.18. The number of hydrogen-bond donors (Lipinski definition) is 2. The van der Waals surface area contributed by atoms with Gasteiger partial charge < -0.3 is 9.84 Å². The minimum absolute atomic E-state index is 0.0324. The molecular weight excluding hydrogens is 176 g/mol. The second-order valence-corrected chi connectivity index (χ2v) is 2.37. The SMILES string of the molecule is COC(=O)c1c(C(=O)O)n[nH]c1C. The average molecular weight is 184 g/mol. The number of carboxylic acid groups (broad SMARTS) is 1. The molecule has 0 unspecified atom stereocenters. The number of aromatic nitrogens is 2. The van der Waals surface area contributed by atoms with Crippen LogP contribution < -0.4 is 0 Å². The van der Waals surface area contributed by atoms with E-state index in [1.165, 1.54) is 7.11 Å². The number of carbonyl (C=O) groups excluding carboxylic acids is 1. The predicted octanol–water partition coefficient (Wildman–Crippen LogP) is 0.203. The lowest BCUT2D eigenvalue weighted by Gasteiger charge is -1.97. The van der Waals surface area contributed by atoms with E-state index in [9.17, 15) is 9.59 Å². The van der Waals surface area contributed by atoms with E-state index in [1.54, 1.807) is 6.92 Å². The van der Waals surface area contributed by atoms with Crippen molar-refractivity contribution in [2.24, 2.45) is 0 Å². The van der Waals surface area contributed by atoms with Gasteiger partial charge >= 0.3 is 11.9 Å². The fourth-order valence-electron chi connectivity index (χ4n) is 0.936. The summed E-state index contributed by atoms with van der Waals surface area (Å²) in [5, 5.41) is 14.5. The van der Waals surface area contributed by atoms with E-state index in [0.29, 0.717) is 5.69 Å². The summed E-state index contributed by atoms with van der Waals surface area (Å²) in [4.78, 5) is 21.6. The van der Waals surface area contributed by atoms with E-state index >= 15 is 0 Å². The summed E-state index contributed by atoms with van der Waals surface area (Å²) in [5.41, 5.74) is 0.0311. The first-order valence-electron chi connectivity index (χ1n) is 3.44. The van der Waals surface area contributed by atoms with Gasteiger partial charge in [-0.25, -0.2) is 9.59 Å². The van der Waals surface area contributed by atoms with Gasteiger partial charge in [0.1, 0.15) is 5.56 Å². The van der Waals surface area contributed by atoms with Crippen molar-refractivity contribution in [3.8, 4) is 0 Å². The number of rotatable bonds is 2. The van der Waals surface area contributed by atoms with E-state index in [0.717, 1.165) is 0 Å². The third-order valence-corrected chi connectivity index (χ3v) is 1.54. The summed E-state index contributed by atoms with van der Waals surface area (Å²) in [6, 6.07) is 0. The Balaban J connectivity index is 3.24. The molecule has 0 amide bonds. The Hall–Kier alpha value is -1.85. The van der Waals surface area contributed by atoms with Crippen LogP contribution in [0.25, 0.3) is 0 Å². The number of aromatic amines is 1. The maximum Gasteiger partial charge on any atom is 0.357 e. The van der Waals surface area contributed by atoms with Crippen LogP contribution in [0, 0.1) is 6.92 Å². The van der Waals surface area contributed by atoms with Gasteiger partial charge in [-0.15, -0.1) is 0 Å². The lowest BCUT2D eigenvalue weighted by Crippen LogP contribution is -2.09. The van der Waals surface area contributed by atoms with Crippen LogP contribution in [0.15, 0.2) is 0 Å². The smallest absolute Gasteiger partial charge is 0.357 e. The van der Waals surface area contributed by atoms with Gasteiger partial charge in [-0.05, 0) is 6.92 Å². The predicted molar refractivity (Wildman–Crippen MR) is 41.6 cm³/mol. The fraction of sp³-hybridized carbons (Fsp3) is 0.286. The molecule has 6 heteroatoms. The molecule has 0 radical (unpaired) electrons. The number of carboxylic acids is 1. The summed E-state index contributed by atoms with van der Waals surface area (Å²) in [5.74, 6) is -1.96. The van der Waals surface area contributed by atoms with Crippen molar-refractivity contribution in [2.45, 2.75) is 6.92 Å². The lowest BCUT2D eigenvalue weighted by molar-refractivity contribution is 0.0581. The third-order valence-electron chi connectivity index (χ3n) is 1.54. The van der Waals surface area contributed by atoms with Crippen LogP contribution in [0.5, 0.6) is 0 Å². The molecule has 70 valence electrons. The van der Waals surface area contributed by atoms with Gasteiger partial charge in [0.2, 0.25) is 0 Å². The van der Waals surface area contributed by atoms with Crippen molar-refractivity contribution in [3.63, 3.8) is 0 Å². The van der Waals surface area contributed by atoms with Gasteiger partial charge in [0.15, 0.2) is 5.69 Å². The monoisotopic (exact) mass is 184 g/mol. The Kier molecular flexibility index (Phi) is 2.32. The fourth-order valence-corrected chi connectivity index (χ4v) is 0.936. The van der Waals surface area contributed by atoms with Gasteiger partial charge in [-0.2, -0.15) is 5.10 Å². The van der Waals surface area contributed by atoms with Gasteiger partial charge in [-0.3, -0.25) is 5.10 Å². The Morgan fingerprint density at radius 3 is 2.62 bits per heavy atom. The van der Waals surface area contributed by atoms with Gasteiger partial charge in [0.05, 0.1) is 7.11 Å². The number of hydrogen-bond acceptors (Lipinski definition) is 4. The number of carbonyl (C=O) groups is 2. The number of esters is 1. The molecule has 0 aliphatic heterocycles. The molecule has 0 saturated heterocycles. The van der Waals surface area contributed by atoms with Crippen molar-refractivity contribution in [2.75, 3.05) is 7.11 Å². The van der Waals surface area contributed by atoms with Crippen molar-refractivity contribution in [3.05, 3.63) is 17.0 Å². The van der Waals surface area contributed by atoms with Crippen LogP contribution in [-0.2, 0) is 4.74 Å². The molecule has 1 aromatic rings. The maximum absolute atomic E-state index is 11.1. The zero-order chi connectivity index (χ0) is 10.0. The van der Waals surface area contributed by atoms with Crippen molar-refractivity contribution < 1.29 is 19.4 Å². The summed E-state index contributed by atoms with van der Waals surface area (Å²) in [6.07, 6.45) is 0. The average Bonchev–Trinajstić information content (AvgIpc) is 2.46. The molecule has 6 nitrogen and oxygen atoms in total. The van der Waals surface area contributed by atoms with Crippen LogP contribution in [0.3, 0.4) is 0 Å². The van der Waals surface area contributed by atoms with E-state index in [2.05, 4.69) is 14.9 Å². The number of nitrogens with zero attached hydrogens (tertiary/aromatic N) is 1. The minimum Gasteiger partial charge on any atom is -0.476 e. The second kappa shape index (κ2) is 3.26. The summed E-state index contributed by atoms with van der Waals surface area (Å²) < 4.78 is 4.40. The summed E-state index contributed by atoms with van der Waals surface area (Å²) in [6.45, 7) is 1.55. The first-order chi connectivity index (χ1) is 6.07. The molecule has 2 N–H and O–H groups in total. The van der Waals surface area contributed by atoms with Gasteiger partial charge in [0.25, 0.3) is 0 Å². The number of aryl methyl sites for hydroxylation is 1. The van der Waals surface area contributed by atoms with Crippen LogP contribution in [0.2, 0.25) is 0 Å². The largest absolute Gasteiger partial charge is 0.476 e. The van der Waals surface area contributed by atoms with Gasteiger partial charge in [0, 0.05) is 5.69 Å². The standard InChI is InChI=1S/C7H8N2O4/c1-3-4(7(12)13-2)5(6(10)11)9-8-3/h1-2H3,(H,8,9)(H,10,11). The van der Waals surface area contributed by atoms with Gasteiger partial charge in [-0.1, -0.05) is 0 Å². The molecule has 1 heterocycles. The van der Waals surface area contributed by atoms with Crippen LogP contribution >= 0.6 is 0 Å². The first kappa shape index (κ1) is 9.24. The highest BCUT2D eigenvalue weighted by atomic mass is 16.5. The molecule has 13 heavy (non-hydrogen) atoms. The zero-order valence-corrected chi connectivity index (χ0v) is 7.12. The molecule has 0 saturated carbocycles. The molecule has 0 aliphatic carbocycles. The van der Waals surface area contributed by atoms with E-state index in [-0.39, 0.29) is 11.3 Å². The Labute approximate surface area is 73.5 Å². The minimum atomic E-state index is -1.26. The molecule has 1 rings (SSSR count). The van der Waals surface area contributed by atoms with Crippen LogP contribution in [-0.4, -0.2) is 34.4 Å². The number of aromatic carboxylic acids is 1. The third kappa shape index (κ3) is 1.51. The van der Waals surface area contributed by atoms with Crippen molar-refractivity contribution >= 4 is 11.9 Å². The molecular formula is C7H8N2O4. The summed E-state index contributed by atoms with van der Waals surface area (Å²) >= 11 is 0. The van der Waals surface area contributed by atoms with Crippen molar-refractivity contribution in [1.82, 2.24) is 10.2 Å². The van der Waals surface area contributed by atoms with E-state index in [4.69, 9.17) is 5.11 Å². The van der Waals surface area contributed by atoms with Crippen molar-refractivity contribution in [1.29, 1.82) is 0 Å². The highest BCUT2D eigenvalue weighted by Gasteiger charge is 2.23. The van der Waals surface area contributed by atoms with Crippen LogP contribution in [0.4, 0.5) is 0 Å². The quantitative estimate of drug-likeness (QED) is 0.640. The Bertz CT molecular complexity index is 355. The Morgan fingerprint density at radius 1 is 1.54 bits per heavy atom. The van der Waals surface area contributed by atoms with E-state index in [1.807, 2.05) is 0 Å². The number of methoxy groups -OCH3 is 1. The molecule has 1 aromatic heterocycles. The maximum atomic E-state index is 11.1. The first-order valence-corrected chi connectivity index (χ1v) is 3.44. The normalized spacial score (nSPS) is 9.69. The Morgan fingerprint density at radius 2 is 2.15 bits per heavy atom. The highest BCUT2D eigenvalue weighted by Crippen LogP contribution is 2.11. The molecule has 0 aromatic carbocycles. The molecule has 0 aliphatic rings. The second-order valence-electron chi connectivity index (χ2n) is 2.37. The van der Waals surface area contributed by atoms with Crippen LogP contribution in [0.1, 0.15) is 26.5 Å². The molecule has 0 atom stereocenters. The lowest BCUT2D eigenvalue weighted by atomic mass is 10.2.